The molecule has 3 saturated carbocycles. The molecule has 2 atom stereocenters. The van der Waals surface area contributed by atoms with Crippen LogP contribution in [0.3, 0.4) is 0 Å². The van der Waals surface area contributed by atoms with Gasteiger partial charge in [0.1, 0.15) is 5.75 Å². The highest BCUT2D eigenvalue weighted by Gasteiger charge is 2.39. The molecule has 1 aromatic rings. The standard InChI is InChI=1S/C20H28N2O2.ClH/c21-17-10-15-2-1-3-16(11-17)19(15)22-20(23)14-6-8-18(9-7-14)24-12-13-4-5-13;/h6-9,13,15-17,19H,1-5,10-12,21H2,(H,22,23);1H. The Balaban J connectivity index is 0.00000182. The van der Waals surface area contributed by atoms with Crippen LogP contribution in [0.2, 0.25) is 0 Å². The van der Waals surface area contributed by atoms with Crippen LogP contribution in [0, 0.1) is 17.8 Å². The first-order valence-corrected chi connectivity index (χ1v) is 9.48. The van der Waals surface area contributed by atoms with Gasteiger partial charge in [-0.25, -0.2) is 0 Å². The van der Waals surface area contributed by atoms with Gasteiger partial charge in [-0.1, -0.05) is 6.42 Å². The SMILES string of the molecule is Cl.NC1CC2CCCC(C1)C2NC(=O)c1ccc(OCC2CC2)cc1. The van der Waals surface area contributed by atoms with Crippen LogP contribution in [0.5, 0.6) is 5.75 Å². The molecule has 3 aliphatic carbocycles. The lowest BCUT2D eigenvalue weighted by atomic mass is 9.67. The van der Waals surface area contributed by atoms with Gasteiger partial charge in [-0.05, 0) is 80.5 Å². The largest absolute Gasteiger partial charge is 0.493 e. The average Bonchev–Trinajstić information content (AvgIpc) is 3.38. The summed E-state index contributed by atoms with van der Waals surface area (Å²) in [5.41, 5.74) is 6.90. The molecular formula is C20H29ClN2O2. The summed E-state index contributed by atoms with van der Waals surface area (Å²) in [6, 6.07) is 8.20. The monoisotopic (exact) mass is 364 g/mol. The predicted molar refractivity (Wildman–Crippen MR) is 101 cm³/mol. The van der Waals surface area contributed by atoms with E-state index in [2.05, 4.69) is 5.32 Å². The van der Waals surface area contributed by atoms with Gasteiger partial charge in [0, 0.05) is 17.6 Å². The van der Waals surface area contributed by atoms with Crippen LogP contribution in [0.15, 0.2) is 24.3 Å². The summed E-state index contributed by atoms with van der Waals surface area (Å²) in [6.45, 7) is 0.803. The third-order valence-corrected chi connectivity index (χ3v) is 5.97. The van der Waals surface area contributed by atoms with Gasteiger partial charge in [0.15, 0.2) is 0 Å². The van der Waals surface area contributed by atoms with E-state index in [0.29, 0.717) is 23.9 Å². The highest BCUT2D eigenvalue weighted by Crippen LogP contribution is 2.39. The zero-order valence-corrected chi connectivity index (χ0v) is 15.5. The van der Waals surface area contributed by atoms with Crippen molar-refractivity contribution >= 4 is 18.3 Å². The van der Waals surface area contributed by atoms with Crippen LogP contribution in [0.4, 0.5) is 0 Å². The van der Waals surface area contributed by atoms with Gasteiger partial charge in [0.05, 0.1) is 6.61 Å². The number of rotatable bonds is 5. The highest BCUT2D eigenvalue weighted by molar-refractivity contribution is 5.94. The molecule has 3 aliphatic rings. The Labute approximate surface area is 156 Å². The number of nitrogens with two attached hydrogens (primary N) is 1. The van der Waals surface area contributed by atoms with E-state index < -0.39 is 0 Å². The first-order chi connectivity index (χ1) is 11.7. The summed E-state index contributed by atoms with van der Waals surface area (Å²) in [5, 5.41) is 3.30. The fourth-order valence-electron chi connectivity index (χ4n) is 4.46. The van der Waals surface area contributed by atoms with E-state index in [9.17, 15) is 4.79 Å². The molecule has 1 aromatic carbocycles. The Morgan fingerprint density at radius 3 is 2.32 bits per heavy atom. The van der Waals surface area contributed by atoms with Crippen molar-refractivity contribution in [2.75, 3.05) is 6.61 Å². The Morgan fingerprint density at radius 1 is 1.08 bits per heavy atom. The number of carbonyl (C=O) groups is 1. The first kappa shape index (κ1) is 18.5. The van der Waals surface area contributed by atoms with Crippen molar-refractivity contribution in [1.82, 2.24) is 5.32 Å². The molecule has 0 aliphatic heterocycles. The second-order valence-electron chi connectivity index (χ2n) is 7.96. The van der Waals surface area contributed by atoms with Crippen LogP contribution in [0.1, 0.15) is 55.3 Å². The average molecular weight is 365 g/mol. The Hall–Kier alpha value is -1.26. The molecule has 3 fully saturated rings. The normalized spacial score (nSPS) is 30.9. The number of carbonyl (C=O) groups excluding carboxylic acids is 1. The third-order valence-electron chi connectivity index (χ3n) is 5.97. The fourth-order valence-corrected chi connectivity index (χ4v) is 4.46. The highest BCUT2D eigenvalue weighted by atomic mass is 35.5. The van der Waals surface area contributed by atoms with E-state index >= 15 is 0 Å². The minimum atomic E-state index is 0. The molecule has 25 heavy (non-hydrogen) atoms. The van der Waals surface area contributed by atoms with Crippen molar-refractivity contribution in [2.24, 2.45) is 23.5 Å². The van der Waals surface area contributed by atoms with Crippen LogP contribution in [0.25, 0.3) is 0 Å². The molecule has 0 heterocycles. The quantitative estimate of drug-likeness (QED) is 0.840. The molecule has 0 aromatic heterocycles. The molecule has 0 spiro atoms. The lowest BCUT2D eigenvalue weighted by molar-refractivity contribution is 0.0756. The number of hydrogen-bond acceptors (Lipinski definition) is 3. The lowest BCUT2D eigenvalue weighted by Gasteiger charge is -2.45. The number of nitrogens with one attached hydrogen (secondary N) is 1. The third kappa shape index (κ3) is 4.48. The molecule has 0 radical (unpaired) electrons. The first-order valence-electron chi connectivity index (χ1n) is 9.48. The summed E-state index contributed by atoms with van der Waals surface area (Å²) >= 11 is 0. The summed E-state index contributed by atoms with van der Waals surface area (Å²) in [5.74, 6) is 2.75. The molecule has 3 N–H and O–H groups in total. The maximum atomic E-state index is 12.6. The molecule has 4 nitrogen and oxygen atoms in total. The maximum absolute atomic E-state index is 12.6. The zero-order valence-electron chi connectivity index (χ0n) is 14.7. The van der Waals surface area contributed by atoms with Crippen molar-refractivity contribution < 1.29 is 9.53 Å². The molecule has 2 unspecified atom stereocenters. The van der Waals surface area contributed by atoms with E-state index in [4.69, 9.17) is 10.5 Å². The Morgan fingerprint density at radius 2 is 1.72 bits per heavy atom. The molecule has 2 bridgehead atoms. The Bertz CT molecular complexity index is 574. The molecule has 138 valence electrons. The topological polar surface area (TPSA) is 64.3 Å². The smallest absolute Gasteiger partial charge is 0.251 e. The van der Waals surface area contributed by atoms with Crippen molar-refractivity contribution in [3.63, 3.8) is 0 Å². The second kappa shape index (κ2) is 7.96. The van der Waals surface area contributed by atoms with E-state index in [1.54, 1.807) is 0 Å². The second-order valence-corrected chi connectivity index (χ2v) is 7.96. The molecular weight excluding hydrogens is 336 g/mol. The van der Waals surface area contributed by atoms with Gasteiger partial charge in [-0.15, -0.1) is 12.4 Å². The number of amides is 1. The number of halogens is 1. The van der Waals surface area contributed by atoms with Crippen LogP contribution < -0.4 is 15.8 Å². The van der Waals surface area contributed by atoms with Crippen molar-refractivity contribution in [1.29, 1.82) is 0 Å². The van der Waals surface area contributed by atoms with Crippen LogP contribution in [-0.2, 0) is 0 Å². The number of benzene rings is 1. The van der Waals surface area contributed by atoms with E-state index in [1.165, 1.54) is 32.1 Å². The van der Waals surface area contributed by atoms with Gasteiger partial charge in [-0.2, -0.15) is 0 Å². The Kier molecular flexibility index (Phi) is 5.90. The van der Waals surface area contributed by atoms with E-state index in [1.807, 2.05) is 24.3 Å². The number of ether oxygens (including phenoxy) is 1. The van der Waals surface area contributed by atoms with Crippen LogP contribution in [-0.4, -0.2) is 24.6 Å². The van der Waals surface area contributed by atoms with Gasteiger partial charge in [0.2, 0.25) is 0 Å². The number of fused-ring (bicyclic) bond motifs is 2. The molecule has 4 rings (SSSR count). The minimum Gasteiger partial charge on any atom is -0.493 e. The zero-order chi connectivity index (χ0) is 16.5. The summed E-state index contributed by atoms with van der Waals surface area (Å²) in [4.78, 5) is 12.6. The molecule has 5 heteroatoms. The van der Waals surface area contributed by atoms with Gasteiger partial charge < -0.3 is 15.8 Å². The molecule has 1 amide bonds. The van der Waals surface area contributed by atoms with Gasteiger partial charge in [0.25, 0.3) is 5.91 Å². The molecule has 0 saturated heterocycles. The van der Waals surface area contributed by atoms with Crippen molar-refractivity contribution in [2.45, 2.75) is 57.0 Å². The summed E-state index contributed by atoms with van der Waals surface area (Å²) in [6.07, 6.45) is 8.35. The van der Waals surface area contributed by atoms with Crippen molar-refractivity contribution in [3.8, 4) is 5.75 Å². The van der Waals surface area contributed by atoms with E-state index in [-0.39, 0.29) is 18.3 Å². The summed E-state index contributed by atoms with van der Waals surface area (Å²) < 4.78 is 5.74. The van der Waals surface area contributed by atoms with Crippen LogP contribution >= 0.6 is 12.4 Å². The maximum Gasteiger partial charge on any atom is 0.251 e. The minimum absolute atomic E-state index is 0. The van der Waals surface area contributed by atoms with Gasteiger partial charge in [-0.3, -0.25) is 4.79 Å². The van der Waals surface area contributed by atoms with Gasteiger partial charge >= 0.3 is 0 Å². The number of hydrogen-bond donors (Lipinski definition) is 2. The predicted octanol–water partition coefficient (Wildman–Crippen LogP) is 3.53. The van der Waals surface area contributed by atoms with E-state index in [0.717, 1.165) is 36.7 Å². The fraction of sp³-hybridized carbons (Fsp3) is 0.650. The lowest BCUT2D eigenvalue weighted by Crippen LogP contribution is -2.53. The summed E-state index contributed by atoms with van der Waals surface area (Å²) in [7, 11) is 0. The van der Waals surface area contributed by atoms with Crippen molar-refractivity contribution in [3.05, 3.63) is 29.8 Å².